The Hall–Kier alpha value is -1.36. The van der Waals surface area contributed by atoms with Gasteiger partial charge in [0.15, 0.2) is 0 Å². The van der Waals surface area contributed by atoms with Gasteiger partial charge in [0.1, 0.15) is 5.25 Å². The van der Waals surface area contributed by atoms with E-state index in [-0.39, 0.29) is 5.91 Å². The molecule has 5 heteroatoms. The highest BCUT2D eigenvalue weighted by Gasteiger charge is 2.28. The maximum absolute atomic E-state index is 12.5. The highest BCUT2D eigenvalue weighted by Crippen LogP contribution is 2.21. The molecule has 0 aromatic heterocycles. The molecule has 1 saturated heterocycles. The molecule has 104 valence electrons. The van der Waals surface area contributed by atoms with Crippen molar-refractivity contribution in [2.45, 2.75) is 36.8 Å². The first-order chi connectivity index (χ1) is 9.00. The number of benzene rings is 1. The van der Waals surface area contributed by atoms with Crippen molar-refractivity contribution in [1.82, 2.24) is 4.90 Å². The molecule has 0 bridgehead atoms. The molecule has 0 spiro atoms. The molecule has 1 aliphatic rings. The van der Waals surface area contributed by atoms with Crippen LogP contribution in [0, 0.1) is 6.92 Å². The summed E-state index contributed by atoms with van der Waals surface area (Å²) in [5.74, 6) is -0.0161. The quantitative estimate of drug-likeness (QED) is 0.857. The monoisotopic (exact) mass is 280 g/mol. The van der Waals surface area contributed by atoms with Crippen LogP contribution >= 0.6 is 0 Å². The summed E-state index contributed by atoms with van der Waals surface area (Å²) in [6.07, 6.45) is 2.09. The molecule has 1 amide bonds. The van der Waals surface area contributed by atoms with E-state index in [1.54, 1.807) is 19.1 Å². The fraction of sp³-hybridized carbons (Fsp3) is 0.500. The molecule has 0 aliphatic carbocycles. The van der Waals surface area contributed by atoms with Crippen molar-refractivity contribution in [3.63, 3.8) is 0 Å². The molecule has 1 aromatic rings. The van der Waals surface area contributed by atoms with Gasteiger partial charge in [-0.05, 0) is 44.4 Å². The summed E-state index contributed by atoms with van der Waals surface area (Å²) in [6, 6.07) is 5.33. The van der Waals surface area contributed by atoms with Gasteiger partial charge in [-0.15, -0.1) is 0 Å². The second-order valence-electron chi connectivity index (χ2n) is 5.00. The van der Waals surface area contributed by atoms with Gasteiger partial charge in [-0.25, -0.2) is 0 Å². The number of nitrogens with zero attached hydrogens (tertiary/aromatic N) is 1. The zero-order valence-electron chi connectivity index (χ0n) is 11.4. The van der Waals surface area contributed by atoms with E-state index in [2.05, 4.69) is 0 Å². The Labute approximate surface area is 116 Å². The summed E-state index contributed by atoms with van der Waals surface area (Å²) >= 11 is 0. The zero-order chi connectivity index (χ0) is 14.0. The Morgan fingerprint density at radius 3 is 2.63 bits per heavy atom. The third-order valence-electron chi connectivity index (χ3n) is 3.52. The second-order valence-corrected chi connectivity index (χ2v) is 6.74. The Morgan fingerprint density at radius 1 is 1.37 bits per heavy atom. The number of hydrogen-bond donors (Lipinski definition) is 1. The second kappa shape index (κ2) is 5.74. The minimum atomic E-state index is -1.35. The number of rotatable bonds is 3. The number of nitrogen functional groups attached to an aromatic ring is 1. The standard InChI is InChI=1S/C14H20N2O2S/c1-10-5-6-12(15)9-13(10)19(18)11(2)14(17)16-7-3-4-8-16/h5-6,9,11H,3-4,7-8,15H2,1-2H3. The van der Waals surface area contributed by atoms with Crippen molar-refractivity contribution < 1.29 is 9.00 Å². The van der Waals surface area contributed by atoms with Crippen LogP contribution in [0.2, 0.25) is 0 Å². The van der Waals surface area contributed by atoms with Gasteiger partial charge >= 0.3 is 0 Å². The van der Waals surface area contributed by atoms with Crippen molar-refractivity contribution in [2.24, 2.45) is 0 Å². The first-order valence-electron chi connectivity index (χ1n) is 6.56. The van der Waals surface area contributed by atoms with Crippen molar-refractivity contribution >= 4 is 22.4 Å². The van der Waals surface area contributed by atoms with Gasteiger partial charge in [0.05, 0.1) is 10.8 Å². The first kappa shape index (κ1) is 14.1. The fourth-order valence-corrected chi connectivity index (χ4v) is 3.66. The topological polar surface area (TPSA) is 63.4 Å². The normalized spacial score (nSPS) is 18.3. The van der Waals surface area contributed by atoms with Crippen LogP contribution in [-0.2, 0) is 15.6 Å². The molecule has 2 N–H and O–H groups in total. The van der Waals surface area contributed by atoms with E-state index < -0.39 is 16.0 Å². The average molecular weight is 280 g/mol. The van der Waals surface area contributed by atoms with Crippen LogP contribution in [0.15, 0.2) is 23.1 Å². The molecule has 19 heavy (non-hydrogen) atoms. The number of carbonyl (C=O) groups is 1. The Bertz CT molecular complexity index is 510. The summed E-state index contributed by atoms with van der Waals surface area (Å²) in [4.78, 5) is 14.7. The number of anilines is 1. The average Bonchev–Trinajstić information content (AvgIpc) is 2.93. The summed E-state index contributed by atoms with van der Waals surface area (Å²) in [5, 5.41) is -0.515. The van der Waals surface area contributed by atoms with E-state index in [4.69, 9.17) is 5.73 Å². The Kier molecular flexibility index (Phi) is 4.24. The van der Waals surface area contributed by atoms with Crippen LogP contribution in [0.25, 0.3) is 0 Å². The van der Waals surface area contributed by atoms with Crippen LogP contribution < -0.4 is 5.73 Å². The maximum atomic E-state index is 12.5. The van der Waals surface area contributed by atoms with E-state index in [1.807, 2.05) is 17.9 Å². The smallest absolute Gasteiger partial charge is 0.238 e. The molecular formula is C14H20N2O2S. The minimum Gasteiger partial charge on any atom is -0.399 e. The third kappa shape index (κ3) is 2.97. The van der Waals surface area contributed by atoms with Gasteiger partial charge in [-0.2, -0.15) is 0 Å². The SMILES string of the molecule is Cc1ccc(N)cc1S(=O)C(C)C(=O)N1CCCC1. The summed E-state index contributed by atoms with van der Waals surface area (Å²) in [7, 11) is -1.35. The Balaban J connectivity index is 2.18. The summed E-state index contributed by atoms with van der Waals surface area (Å²) in [5.41, 5.74) is 7.22. The van der Waals surface area contributed by atoms with Gasteiger partial charge in [0.2, 0.25) is 5.91 Å². The highest BCUT2D eigenvalue weighted by atomic mass is 32.2. The summed E-state index contributed by atoms with van der Waals surface area (Å²) in [6.45, 7) is 5.20. The van der Waals surface area contributed by atoms with Crippen LogP contribution in [0.1, 0.15) is 25.3 Å². The number of aryl methyl sites for hydroxylation is 1. The van der Waals surface area contributed by atoms with Crippen LogP contribution in [-0.4, -0.2) is 33.4 Å². The molecule has 1 aromatic carbocycles. The van der Waals surface area contributed by atoms with Gasteiger partial charge in [0, 0.05) is 23.7 Å². The van der Waals surface area contributed by atoms with Crippen LogP contribution in [0.5, 0.6) is 0 Å². The van der Waals surface area contributed by atoms with Gasteiger partial charge in [0.25, 0.3) is 0 Å². The molecule has 0 radical (unpaired) electrons. The maximum Gasteiger partial charge on any atom is 0.238 e. The van der Waals surface area contributed by atoms with Crippen molar-refractivity contribution in [3.8, 4) is 0 Å². The lowest BCUT2D eigenvalue weighted by atomic mass is 10.2. The molecule has 2 atom stereocenters. The molecule has 0 saturated carbocycles. The van der Waals surface area contributed by atoms with Crippen LogP contribution in [0.4, 0.5) is 5.69 Å². The fourth-order valence-electron chi connectivity index (χ4n) is 2.31. The molecule has 2 rings (SSSR count). The minimum absolute atomic E-state index is 0.0161. The third-order valence-corrected chi connectivity index (χ3v) is 5.23. The summed E-state index contributed by atoms with van der Waals surface area (Å²) < 4.78 is 12.5. The van der Waals surface area contributed by atoms with E-state index in [9.17, 15) is 9.00 Å². The molecule has 1 fully saturated rings. The predicted octanol–water partition coefficient (Wildman–Crippen LogP) is 1.70. The van der Waals surface area contributed by atoms with E-state index in [1.165, 1.54) is 0 Å². The molecule has 1 heterocycles. The first-order valence-corrected chi connectivity index (χ1v) is 7.77. The molecule has 1 aliphatic heterocycles. The van der Waals surface area contributed by atoms with E-state index >= 15 is 0 Å². The number of carbonyl (C=O) groups excluding carboxylic acids is 1. The number of nitrogens with two attached hydrogens (primary N) is 1. The van der Waals surface area contributed by atoms with Gasteiger partial charge in [-0.3, -0.25) is 9.00 Å². The van der Waals surface area contributed by atoms with E-state index in [0.29, 0.717) is 10.6 Å². The molecule has 4 nitrogen and oxygen atoms in total. The van der Waals surface area contributed by atoms with Gasteiger partial charge in [-0.1, -0.05) is 6.07 Å². The van der Waals surface area contributed by atoms with Crippen molar-refractivity contribution in [2.75, 3.05) is 18.8 Å². The van der Waals surface area contributed by atoms with Crippen molar-refractivity contribution in [1.29, 1.82) is 0 Å². The van der Waals surface area contributed by atoms with Crippen LogP contribution in [0.3, 0.4) is 0 Å². The van der Waals surface area contributed by atoms with E-state index in [0.717, 1.165) is 31.5 Å². The number of amides is 1. The molecule has 2 unspecified atom stereocenters. The zero-order valence-corrected chi connectivity index (χ0v) is 12.2. The van der Waals surface area contributed by atoms with Crippen molar-refractivity contribution in [3.05, 3.63) is 23.8 Å². The largest absolute Gasteiger partial charge is 0.399 e. The lowest BCUT2D eigenvalue weighted by Crippen LogP contribution is -2.37. The number of likely N-dealkylation sites (tertiary alicyclic amines) is 1. The highest BCUT2D eigenvalue weighted by molar-refractivity contribution is 7.86. The predicted molar refractivity (Wildman–Crippen MR) is 77.3 cm³/mol. The number of hydrogen-bond acceptors (Lipinski definition) is 3. The lowest BCUT2D eigenvalue weighted by Gasteiger charge is -2.20. The lowest BCUT2D eigenvalue weighted by molar-refractivity contribution is -0.129. The Morgan fingerprint density at radius 2 is 2.00 bits per heavy atom. The molecular weight excluding hydrogens is 260 g/mol. The van der Waals surface area contributed by atoms with Gasteiger partial charge < -0.3 is 10.6 Å².